The second-order valence-corrected chi connectivity index (χ2v) is 8.36. The summed E-state index contributed by atoms with van der Waals surface area (Å²) in [6.07, 6.45) is -1.23. The zero-order valence-electron chi connectivity index (χ0n) is 16.8. The van der Waals surface area contributed by atoms with Crippen LogP contribution in [0.1, 0.15) is 56.4 Å². The molecule has 0 fully saturated rings. The van der Waals surface area contributed by atoms with E-state index in [1.54, 1.807) is 6.07 Å². The smallest absolute Gasteiger partial charge is 0.433 e. The van der Waals surface area contributed by atoms with Crippen molar-refractivity contribution in [2.24, 2.45) is 0 Å². The molecule has 1 atom stereocenters. The predicted octanol–water partition coefficient (Wildman–Crippen LogP) is 5.71. The number of hydrogen-bond acceptors (Lipinski definition) is 3. The van der Waals surface area contributed by atoms with Gasteiger partial charge in [0, 0.05) is 17.7 Å². The van der Waals surface area contributed by atoms with Gasteiger partial charge in [-0.05, 0) is 74.4 Å². The average Bonchev–Trinajstić information content (AvgIpc) is 2.64. The van der Waals surface area contributed by atoms with Gasteiger partial charge in [-0.25, -0.2) is 4.79 Å². The Morgan fingerprint density at radius 1 is 1.24 bits per heavy atom. The Bertz CT molecular complexity index is 888. The zero-order chi connectivity index (χ0) is 21.2. The minimum atomic E-state index is -4.48. The van der Waals surface area contributed by atoms with Gasteiger partial charge in [0.05, 0.1) is 0 Å². The summed E-state index contributed by atoms with van der Waals surface area (Å²) < 4.78 is 44.6. The molecule has 1 heterocycles. The van der Waals surface area contributed by atoms with Gasteiger partial charge in [-0.15, -0.1) is 0 Å². The van der Waals surface area contributed by atoms with Crippen LogP contribution in [0.2, 0.25) is 0 Å². The number of carbonyl (C=O) groups excluding carboxylic acids is 1. The van der Waals surface area contributed by atoms with E-state index in [2.05, 4.69) is 10.3 Å². The van der Waals surface area contributed by atoms with Crippen LogP contribution in [0.15, 0.2) is 36.5 Å². The van der Waals surface area contributed by atoms with Crippen molar-refractivity contribution in [3.63, 3.8) is 0 Å². The van der Waals surface area contributed by atoms with Gasteiger partial charge in [0.2, 0.25) is 0 Å². The third-order valence-corrected chi connectivity index (χ3v) is 4.89. The summed E-state index contributed by atoms with van der Waals surface area (Å²) in [5.74, 6) is 0.0216. The van der Waals surface area contributed by atoms with Gasteiger partial charge >= 0.3 is 12.3 Å². The number of nitrogens with zero attached hydrogens (tertiary/aromatic N) is 1. The topological polar surface area (TPSA) is 51.2 Å². The predicted molar refractivity (Wildman–Crippen MR) is 105 cm³/mol. The van der Waals surface area contributed by atoms with Crippen molar-refractivity contribution < 1.29 is 22.7 Å². The Morgan fingerprint density at radius 2 is 2.00 bits per heavy atom. The van der Waals surface area contributed by atoms with Gasteiger partial charge in [0.25, 0.3) is 0 Å². The van der Waals surface area contributed by atoms with Crippen molar-refractivity contribution in [1.29, 1.82) is 0 Å². The molecule has 1 unspecified atom stereocenters. The number of hydrogen-bond donors (Lipinski definition) is 1. The van der Waals surface area contributed by atoms with Gasteiger partial charge in [-0.1, -0.05) is 18.2 Å². The average molecular weight is 406 g/mol. The fourth-order valence-electron chi connectivity index (χ4n) is 3.66. The van der Waals surface area contributed by atoms with E-state index < -0.39 is 18.0 Å². The number of fused-ring (bicyclic) bond motifs is 1. The van der Waals surface area contributed by atoms with Crippen LogP contribution in [0.3, 0.4) is 0 Å². The molecular formula is C22H25F3N2O2. The number of halogens is 3. The third-order valence-electron chi connectivity index (χ3n) is 4.89. The molecule has 1 aromatic carbocycles. The number of aromatic nitrogens is 1. The van der Waals surface area contributed by atoms with E-state index in [4.69, 9.17) is 4.74 Å². The SMILES string of the molecule is CC(C)(C)NC(=O)OCC1CCCc2c(-c3ccnc(C(F)(F)F)c3)cccc21. The maximum Gasteiger partial charge on any atom is 0.433 e. The Balaban J connectivity index is 1.85. The van der Waals surface area contributed by atoms with Crippen molar-refractivity contribution in [2.45, 2.75) is 57.7 Å². The number of carbonyl (C=O) groups is 1. The highest BCUT2D eigenvalue weighted by atomic mass is 19.4. The summed E-state index contributed by atoms with van der Waals surface area (Å²) in [5, 5.41) is 2.77. The molecule has 0 saturated heterocycles. The Morgan fingerprint density at radius 3 is 2.69 bits per heavy atom. The molecule has 2 aromatic rings. The lowest BCUT2D eigenvalue weighted by Crippen LogP contribution is -2.41. The summed E-state index contributed by atoms with van der Waals surface area (Å²) in [5.41, 5.74) is 2.04. The molecule has 156 valence electrons. The van der Waals surface area contributed by atoms with Crippen LogP contribution in [0.4, 0.5) is 18.0 Å². The van der Waals surface area contributed by atoms with E-state index in [0.29, 0.717) is 5.56 Å². The van der Waals surface area contributed by atoms with Crippen molar-refractivity contribution in [3.05, 3.63) is 53.3 Å². The fraction of sp³-hybridized carbons (Fsp3) is 0.455. The molecule has 0 radical (unpaired) electrons. The number of alkyl carbamates (subject to hydrolysis) is 1. The number of amides is 1. The molecule has 3 rings (SSSR count). The first kappa shape index (κ1) is 21.1. The fourth-order valence-corrected chi connectivity index (χ4v) is 3.66. The molecule has 1 amide bonds. The molecule has 0 spiro atoms. The molecule has 1 N–H and O–H groups in total. The second kappa shape index (κ2) is 8.05. The zero-order valence-corrected chi connectivity index (χ0v) is 16.8. The van der Waals surface area contributed by atoms with Crippen molar-refractivity contribution in [3.8, 4) is 11.1 Å². The van der Waals surface area contributed by atoms with Crippen LogP contribution in [0.5, 0.6) is 0 Å². The van der Waals surface area contributed by atoms with Crippen LogP contribution in [-0.4, -0.2) is 23.2 Å². The van der Waals surface area contributed by atoms with E-state index >= 15 is 0 Å². The van der Waals surface area contributed by atoms with Crippen LogP contribution >= 0.6 is 0 Å². The van der Waals surface area contributed by atoms with Crippen molar-refractivity contribution >= 4 is 6.09 Å². The molecule has 1 aliphatic carbocycles. The highest BCUT2D eigenvalue weighted by molar-refractivity contribution is 5.70. The number of pyridine rings is 1. The molecule has 4 nitrogen and oxygen atoms in total. The quantitative estimate of drug-likeness (QED) is 0.710. The minimum absolute atomic E-state index is 0.0216. The van der Waals surface area contributed by atoms with Gasteiger partial charge in [0.15, 0.2) is 0 Å². The highest BCUT2D eigenvalue weighted by Crippen LogP contribution is 2.38. The van der Waals surface area contributed by atoms with Crippen LogP contribution < -0.4 is 5.32 Å². The van der Waals surface area contributed by atoms with E-state index in [-0.39, 0.29) is 18.1 Å². The molecule has 0 saturated carbocycles. The van der Waals surface area contributed by atoms with Crippen LogP contribution in [0.25, 0.3) is 11.1 Å². The van der Waals surface area contributed by atoms with Crippen LogP contribution in [-0.2, 0) is 17.3 Å². The molecule has 29 heavy (non-hydrogen) atoms. The Kier molecular flexibility index (Phi) is 5.87. The van der Waals surface area contributed by atoms with Crippen LogP contribution in [0, 0.1) is 0 Å². The molecule has 0 bridgehead atoms. The van der Waals surface area contributed by atoms with Crippen molar-refractivity contribution in [2.75, 3.05) is 6.61 Å². The van der Waals surface area contributed by atoms with Gasteiger partial charge in [-0.2, -0.15) is 13.2 Å². The second-order valence-electron chi connectivity index (χ2n) is 8.36. The first-order valence-electron chi connectivity index (χ1n) is 9.65. The Labute approximate surface area is 168 Å². The molecule has 0 aliphatic heterocycles. The van der Waals surface area contributed by atoms with Gasteiger partial charge in [0.1, 0.15) is 12.3 Å². The summed E-state index contributed by atoms with van der Waals surface area (Å²) in [6.45, 7) is 5.86. The number of benzene rings is 1. The Hall–Kier alpha value is -2.57. The standard InChI is InChI=1S/C22H25F3N2O2/c1-21(2,3)27-20(28)29-13-15-6-4-9-18-16(7-5-8-17(15)18)14-10-11-26-19(12-14)22(23,24)25/h5,7-8,10-12,15H,4,6,9,13H2,1-3H3,(H,27,28). The van der Waals surface area contributed by atoms with E-state index in [1.165, 1.54) is 6.20 Å². The largest absolute Gasteiger partial charge is 0.449 e. The molecule has 7 heteroatoms. The normalized spacial score (nSPS) is 16.8. The maximum absolute atomic E-state index is 13.1. The summed E-state index contributed by atoms with van der Waals surface area (Å²) >= 11 is 0. The van der Waals surface area contributed by atoms with Gasteiger partial charge < -0.3 is 10.1 Å². The summed E-state index contributed by atoms with van der Waals surface area (Å²) in [6, 6.07) is 8.34. The highest BCUT2D eigenvalue weighted by Gasteiger charge is 2.33. The van der Waals surface area contributed by atoms with E-state index in [0.717, 1.165) is 42.0 Å². The molecule has 1 aliphatic rings. The number of alkyl halides is 3. The first-order valence-corrected chi connectivity index (χ1v) is 9.65. The van der Waals surface area contributed by atoms with E-state index in [1.807, 2.05) is 39.0 Å². The minimum Gasteiger partial charge on any atom is -0.449 e. The summed E-state index contributed by atoms with van der Waals surface area (Å²) in [7, 11) is 0. The first-order chi connectivity index (χ1) is 13.5. The monoisotopic (exact) mass is 406 g/mol. The lowest BCUT2D eigenvalue weighted by molar-refractivity contribution is -0.141. The van der Waals surface area contributed by atoms with Crippen molar-refractivity contribution in [1.82, 2.24) is 10.3 Å². The number of nitrogens with one attached hydrogen (secondary N) is 1. The van der Waals surface area contributed by atoms with E-state index in [9.17, 15) is 18.0 Å². The lowest BCUT2D eigenvalue weighted by atomic mass is 9.80. The van der Waals surface area contributed by atoms with Gasteiger partial charge in [-0.3, -0.25) is 4.98 Å². The molecule has 1 aromatic heterocycles. The number of rotatable bonds is 3. The third kappa shape index (κ3) is 5.28. The maximum atomic E-state index is 13.1. The number of ether oxygens (including phenoxy) is 1. The summed E-state index contributed by atoms with van der Waals surface area (Å²) in [4.78, 5) is 15.4. The molecular weight excluding hydrogens is 381 g/mol. The lowest BCUT2D eigenvalue weighted by Gasteiger charge is -2.28.